The van der Waals surface area contributed by atoms with Gasteiger partial charge in [-0.15, -0.1) is 0 Å². The lowest BCUT2D eigenvalue weighted by molar-refractivity contribution is -0.229. The molecule has 0 aliphatic rings. The van der Waals surface area contributed by atoms with Crippen molar-refractivity contribution >= 4 is 12.6 Å². The Kier molecular flexibility index (Phi) is 4.00. The van der Waals surface area contributed by atoms with Gasteiger partial charge in [0.1, 0.15) is 6.61 Å². The van der Waals surface area contributed by atoms with Crippen LogP contribution in [0.15, 0.2) is 30.3 Å². The van der Waals surface area contributed by atoms with E-state index in [4.69, 9.17) is 0 Å². The van der Waals surface area contributed by atoms with Crippen LogP contribution in [0.25, 0.3) is 0 Å². The molecule has 0 saturated heterocycles. The van der Waals surface area contributed by atoms with Crippen LogP contribution in [-0.4, -0.2) is 12.6 Å². The van der Waals surface area contributed by atoms with Gasteiger partial charge in [-0.2, -0.15) is 4.79 Å². The second kappa shape index (κ2) is 5.58. The van der Waals surface area contributed by atoms with E-state index in [1.54, 1.807) is 12.1 Å². The molecule has 0 amide bonds. The minimum atomic E-state index is -1.05. The minimum absolute atomic E-state index is 0.0101. The zero-order chi connectivity index (χ0) is 10.2. The molecule has 1 aromatic rings. The van der Waals surface area contributed by atoms with E-state index in [1.807, 2.05) is 18.2 Å². The molecule has 1 aromatic carbocycles. The summed E-state index contributed by atoms with van der Waals surface area (Å²) < 4.78 is 4.59. The predicted molar refractivity (Wildman–Crippen MR) is 44.9 cm³/mol. The van der Waals surface area contributed by atoms with Gasteiger partial charge in [-0.25, -0.2) is 9.78 Å². The third-order valence-electron chi connectivity index (χ3n) is 1.35. The number of rotatable bonds is 4. The van der Waals surface area contributed by atoms with Crippen molar-refractivity contribution < 1.29 is 24.1 Å². The van der Waals surface area contributed by atoms with Crippen molar-refractivity contribution in [1.29, 1.82) is 0 Å². The quantitative estimate of drug-likeness (QED) is 0.315. The van der Waals surface area contributed by atoms with Gasteiger partial charge in [0.15, 0.2) is 0 Å². The number of benzene rings is 1. The summed E-state index contributed by atoms with van der Waals surface area (Å²) in [7, 11) is 0. The van der Waals surface area contributed by atoms with Gasteiger partial charge >= 0.3 is 12.6 Å². The van der Waals surface area contributed by atoms with E-state index in [9.17, 15) is 9.59 Å². The summed E-state index contributed by atoms with van der Waals surface area (Å²) in [5, 5.41) is 0. The summed E-state index contributed by atoms with van der Waals surface area (Å²) >= 11 is 0. The Hall–Kier alpha value is -2.04. The number of carbonyl (C=O) groups excluding carboxylic acids is 2. The average Bonchev–Trinajstić information content (AvgIpc) is 2.25. The Bertz CT molecular complexity index is 295. The van der Waals surface area contributed by atoms with E-state index >= 15 is 0 Å². The number of hydrogen-bond acceptors (Lipinski definition) is 5. The summed E-state index contributed by atoms with van der Waals surface area (Å²) in [6, 6.07) is 9.04. The maximum atomic E-state index is 10.6. The van der Waals surface area contributed by atoms with Crippen LogP contribution in [0, 0.1) is 0 Å². The van der Waals surface area contributed by atoms with Gasteiger partial charge in [0.2, 0.25) is 0 Å². The van der Waals surface area contributed by atoms with Crippen LogP contribution in [0.2, 0.25) is 0 Å². The first-order valence-electron chi connectivity index (χ1n) is 3.80. The van der Waals surface area contributed by atoms with E-state index in [2.05, 4.69) is 14.5 Å². The van der Waals surface area contributed by atoms with E-state index in [-0.39, 0.29) is 13.1 Å². The van der Waals surface area contributed by atoms with Crippen molar-refractivity contribution in [2.75, 3.05) is 0 Å². The highest BCUT2D eigenvalue weighted by molar-refractivity contribution is 5.59. The molecule has 0 heterocycles. The molecule has 0 radical (unpaired) electrons. The van der Waals surface area contributed by atoms with Crippen molar-refractivity contribution in [3.05, 3.63) is 35.9 Å². The topological polar surface area (TPSA) is 61.8 Å². The highest BCUT2D eigenvalue weighted by Gasteiger charge is 2.04. The molecule has 0 aliphatic heterocycles. The second-order valence-corrected chi connectivity index (χ2v) is 2.30. The first-order valence-corrected chi connectivity index (χ1v) is 3.80. The average molecular weight is 196 g/mol. The third-order valence-corrected chi connectivity index (χ3v) is 1.35. The molecule has 74 valence electrons. The molecule has 14 heavy (non-hydrogen) atoms. The fraction of sp³-hybridized carbons (Fsp3) is 0.111. The Morgan fingerprint density at radius 3 is 2.64 bits per heavy atom. The molecule has 0 bridgehead atoms. The van der Waals surface area contributed by atoms with Crippen molar-refractivity contribution in [2.45, 2.75) is 6.61 Å². The van der Waals surface area contributed by atoms with Crippen LogP contribution in [-0.2, 0) is 25.9 Å². The van der Waals surface area contributed by atoms with Gasteiger partial charge in [-0.3, -0.25) is 4.79 Å². The molecule has 0 N–H and O–H groups in total. The smallest absolute Gasteiger partial charge is 0.427 e. The summed E-state index contributed by atoms with van der Waals surface area (Å²) in [6.07, 6.45) is -1.05. The fourth-order valence-corrected chi connectivity index (χ4v) is 0.799. The van der Waals surface area contributed by atoms with Gasteiger partial charge in [-0.1, -0.05) is 30.3 Å². The summed E-state index contributed by atoms with van der Waals surface area (Å²) in [4.78, 5) is 27.9. The normalized spacial score (nSPS) is 8.86. The Morgan fingerprint density at radius 1 is 1.29 bits per heavy atom. The SMILES string of the molecule is O=COOC(=O)OCc1ccccc1. The lowest BCUT2D eigenvalue weighted by Gasteiger charge is -2.01. The largest absolute Gasteiger partial charge is 0.550 e. The maximum absolute atomic E-state index is 10.6. The molecular weight excluding hydrogens is 188 g/mol. The molecule has 0 atom stereocenters. The molecule has 0 unspecified atom stereocenters. The predicted octanol–water partition coefficient (Wildman–Crippen LogP) is 1.43. The van der Waals surface area contributed by atoms with Crippen molar-refractivity contribution in [2.24, 2.45) is 0 Å². The third kappa shape index (κ3) is 3.57. The Balaban J connectivity index is 2.27. The van der Waals surface area contributed by atoms with Crippen molar-refractivity contribution in [3.63, 3.8) is 0 Å². The maximum Gasteiger partial charge on any atom is 0.550 e. The van der Waals surface area contributed by atoms with Crippen molar-refractivity contribution in [1.82, 2.24) is 0 Å². The molecule has 0 saturated carbocycles. The summed E-state index contributed by atoms with van der Waals surface area (Å²) in [6.45, 7) is 0.0612. The zero-order valence-corrected chi connectivity index (χ0v) is 7.21. The van der Waals surface area contributed by atoms with Crippen LogP contribution >= 0.6 is 0 Å². The van der Waals surface area contributed by atoms with Crippen LogP contribution < -0.4 is 0 Å². The van der Waals surface area contributed by atoms with E-state index in [1.165, 1.54) is 0 Å². The Morgan fingerprint density at radius 2 is 2.00 bits per heavy atom. The van der Waals surface area contributed by atoms with Crippen LogP contribution in [0.3, 0.4) is 0 Å². The summed E-state index contributed by atoms with van der Waals surface area (Å²) in [5.41, 5.74) is 0.815. The zero-order valence-electron chi connectivity index (χ0n) is 7.21. The summed E-state index contributed by atoms with van der Waals surface area (Å²) in [5.74, 6) is 0. The first kappa shape index (κ1) is 10.0. The second-order valence-electron chi connectivity index (χ2n) is 2.30. The van der Waals surface area contributed by atoms with E-state index < -0.39 is 6.16 Å². The highest BCUT2D eigenvalue weighted by atomic mass is 17.2. The monoisotopic (exact) mass is 196 g/mol. The van der Waals surface area contributed by atoms with E-state index in [0.717, 1.165) is 5.56 Å². The standard InChI is InChI=1S/C9H8O5/c10-7-13-14-9(11)12-6-8-4-2-1-3-5-8/h1-5,7H,6H2. The van der Waals surface area contributed by atoms with Gasteiger partial charge < -0.3 is 4.74 Å². The lowest BCUT2D eigenvalue weighted by Crippen LogP contribution is -2.07. The van der Waals surface area contributed by atoms with Gasteiger partial charge in [0, 0.05) is 0 Å². The minimum Gasteiger partial charge on any atom is -0.427 e. The fourth-order valence-electron chi connectivity index (χ4n) is 0.799. The molecule has 5 nitrogen and oxygen atoms in total. The molecular formula is C9H8O5. The van der Waals surface area contributed by atoms with Gasteiger partial charge in [-0.05, 0) is 5.56 Å². The number of carbonyl (C=O) groups is 2. The molecule has 1 rings (SSSR count). The number of ether oxygens (including phenoxy) is 1. The molecule has 0 fully saturated rings. The van der Waals surface area contributed by atoms with E-state index in [0.29, 0.717) is 0 Å². The van der Waals surface area contributed by atoms with Crippen LogP contribution in [0.1, 0.15) is 5.56 Å². The lowest BCUT2D eigenvalue weighted by atomic mass is 10.2. The van der Waals surface area contributed by atoms with Crippen LogP contribution in [0.5, 0.6) is 0 Å². The molecule has 0 aliphatic carbocycles. The molecule has 0 spiro atoms. The van der Waals surface area contributed by atoms with Gasteiger partial charge in [0.25, 0.3) is 0 Å². The Labute approximate surface area is 80.1 Å². The number of hydrogen-bond donors (Lipinski definition) is 0. The van der Waals surface area contributed by atoms with Crippen molar-refractivity contribution in [3.8, 4) is 0 Å². The highest BCUT2D eigenvalue weighted by Crippen LogP contribution is 2.01. The first-order chi connectivity index (χ1) is 6.83. The van der Waals surface area contributed by atoms with Gasteiger partial charge in [0.05, 0.1) is 0 Å². The molecule has 0 aromatic heterocycles. The molecule has 5 heteroatoms. The van der Waals surface area contributed by atoms with Crippen LogP contribution in [0.4, 0.5) is 4.79 Å².